The van der Waals surface area contributed by atoms with Gasteiger partial charge in [-0.15, -0.1) is 0 Å². The fourth-order valence-corrected chi connectivity index (χ4v) is 5.71. The van der Waals surface area contributed by atoms with Gasteiger partial charge in [0, 0.05) is 43.4 Å². The highest BCUT2D eigenvalue weighted by Gasteiger charge is 2.21. The van der Waals surface area contributed by atoms with Crippen molar-refractivity contribution in [2.24, 2.45) is 7.05 Å². The number of nitrogens with zero attached hydrogens (tertiary/aromatic N) is 7. The summed E-state index contributed by atoms with van der Waals surface area (Å²) in [5.41, 5.74) is 2.50. The van der Waals surface area contributed by atoms with Gasteiger partial charge in [0.05, 0.1) is 15.4 Å². The third-order valence-corrected chi connectivity index (χ3v) is 7.97. The Morgan fingerprint density at radius 3 is 2.59 bits per heavy atom. The van der Waals surface area contributed by atoms with Crippen molar-refractivity contribution in [3.63, 3.8) is 0 Å². The zero-order valence-corrected chi connectivity index (χ0v) is 22.2. The molecule has 0 radical (unpaired) electrons. The highest BCUT2D eigenvalue weighted by molar-refractivity contribution is 7.92. The lowest BCUT2D eigenvalue weighted by molar-refractivity contribution is 0.601. The number of hydrogen-bond donors (Lipinski definition) is 1. The number of benzene rings is 2. The van der Waals surface area contributed by atoms with Gasteiger partial charge in [0.2, 0.25) is 5.95 Å². The van der Waals surface area contributed by atoms with Gasteiger partial charge < -0.3 is 0 Å². The van der Waals surface area contributed by atoms with Gasteiger partial charge in [-0.2, -0.15) is 10.1 Å². The van der Waals surface area contributed by atoms with Gasteiger partial charge in [0.1, 0.15) is 16.9 Å². The average Bonchev–Trinajstić information content (AvgIpc) is 3.53. The fraction of sp³-hybridized carbons (Fsp3) is 0.167. The minimum Gasteiger partial charge on any atom is -0.280 e. The van der Waals surface area contributed by atoms with Crippen molar-refractivity contribution >= 4 is 55.9 Å². The molecule has 0 atom stereocenters. The molecule has 0 aliphatic rings. The molecule has 10 nitrogen and oxygen atoms in total. The van der Waals surface area contributed by atoms with Crippen molar-refractivity contribution in [3.8, 4) is 11.3 Å². The number of fused-ring (bicyclic) bond motifs is 1. The number of nitrogens with one attached hydrogen (secondary N) is 1. The van der Waals surface area contributed by atoms with Gasteiger partial charge >= 0.3 is 0 Å². The molecule has 5 rings (SSSR count). The third kappa shape index (κ3) is 4.85. The Kier molecular flexibility index (Phi) is 6.76. The third-order valence-electron chi connectivity index (χ3n) is 5.62. The molecule has 37 heavy (non-hydrogen) atoms. The highest BCUT2D eigenvalue weighted by Crippen LogP contribution is 2.32. The van der Waals surface area contributed by atoms with E-state index in [9.17, 15) is 8.42 Å². The predicted octanol–water partition coefficient (Wildman–Crippen LogP) is 5.01. The molecule has 0 aliphatic heterocycles. The second-order valence-corrected chi connectivity index (χ2v) is 10.6. The van der Waals surface area contributed by atoms with Crippen LogP contribution in [0.25, 0.3) is 22.3 Å². The number of rotatable bonds is 8. The van der Waals surface area contributed by atoms with Crippen LogP contribution in [0.15, 0.2) is 72.3 Å². The molecular weight excluding hydrogens is 535 g/mol. The zero-order chi connectivity index (χ0) is 26.2. The molecular formula is C24H22Cl2N8O2S. The zero-order valence-electron chi connectivity index (χ0n) is 19.9. The number of imidazole rings is 1. The Labute approximate surface area is 223 Å². The van der Waals surface area contributed by atoms with E-state index in [1.165, 1.54) is 18.2 Å². The minimum absolute atomic E-state index is 0.0295. The smallest absolute Gasteiger partial charge is 0.263 e. The average molecular weight is 557 g/mol. The molecule has 0 saturated heterocycles. The van der Waals surface area contributed by atoms with Crippen LogP contribution < -0.4 is 9.73 Å². The van der Waals surface area contributed by atoms with E-state index >= 15 is 0 Å². The molecule has 3 heterocycles. The van der Waals surface area contributed by atoms with E-state index < -0.39 is 10.0 Å². The molecule has 190 valence electrons. The van der Waals surface area contributed by atoms with Crippen molar-refractivity contribution in [1.29, 1.82) is 0 Å². The van der Waals surface area contributed by atoms with Crippen LogP contribution in [0.1, 0.15) is 13.3 Å². The van der Waals surface area contributed by atoms with Crippen LogP contribution in [0, 0.1) is 0 Å². The first-order valence-corrected chi connectivity index (χ1v) is 13.5. The summed E-state index contributed by atoms with van der Waals surface area (Å²) in [6.45, 7) is 2.79. The van der Waals surface area contributed by atoms with Crippen LogP contribution in [0.5, 0.6) is 0 Å². The first-order valence-electron chi connectivity index (χ1n) is 11.3. The first kappa shape index (κ1) is 25.0. The van der Waals surface area contributed by atoms with E-state index in [2.05, 4.69) is 26.7 Å². The molecule has 0 unspecified atom stereocenters. The molecule has 0 fully saturated rings. The molecule has 0 saturated carbocycles. The number of hydrogen-bond acceptors (Lipinski definition) is 7. The summed E-state index contributed by atoms with van der Waals surface area (Å²) in [5.74, 6) is 0.534. The standard InChI is InChI=1S/C24H22Cl2N8O2S/c1-3-12-34(33-13-11-27-15-33)24-28-14-18-22(30-32(2)23(18)29-24)16-7-9-17(10-8-16)31-37(35,36)20-6-4-5-19(25)21(20)26/h4-11,13-15,31H,3,12H2,1-2H3. The van der Waals surface area contributed by atoms with Crippen LogP contribution in [0.4, 0.5) is 11.6 Å². The summed E-state index contributed by atoms with van der Waals surface area (Å²) in [4.78, 5) is 13.4. The topological polar surface area (TPSA) is 111 Å². The van der Waals surface area contributed by atoms with Crippen LogP contribution in [-0.4, -0.2) is 44.4 Å². The summed E-state index contributed by atoms with van der Waals surface area (Å²) in [6.07, 6.45) is 7.89. The summed E-state index contributed by atoms with van der Waals surface area (Å²) in [6, 6.07) is 11.3. The number of anilines is 2. The Bertz CT molecular complexity index is 1670. The summed E-state index contributed by atoms with van der Waals surface area (Å²) in [7, 11) is -2.11. The summed E-state index contributed by atoms with van der Waals surface area (Å²) < 4.78 is 31.7. The van der Waals surface area contributed by atoms with E-state index in [1.807, 2.05) is 22.9 Å². The van der Waals surface area contributed by atoms with Gasteiger partial charge in [-0.05, 0) is 30.7 Å². The van der Waals surface area contributed by atoms with Crippen molar-refractivity contribution in [3.05, 3.63) is 77.4 Å². The molecule has 0 spiro atoms. The van der Waals surface area contributed by atoms with E-state index in [0.717, 1.165) is 17.4 Å². The van der Waals surface area contributed by atoms with Crippen molar-refractivity contribution in [2.75, 3.05) is 16.3 Å². The first-order chi connectivity index (χ1) is 17.8. The second kappa shape index (κ2) is 10.0. The molecule has 1 N–H and O–H groups in total. The normalized spacial score (nSPS) is 11.7. The van der Waals surface area contributed by atoms with Gasteiger partial charge in [-0.3, -0.25) is 4.72 Å². The lowest BCUT2D eigenvalue weighted by Gasteiger charge is -2.22. The molecule has 0 bridgehead atoms. The Hall–Kier alpha value is -3.67. The number of sulfonamides is 1. The maximum atomic E-state index is 12.8. The Balaban J connectivity index is 1.44. The summed E-state index contributed by atoms with van der Waals surface area (Å²) >= 11 is 12.1. The molecule has 13 heteroatoms. The monoisotopic (exact) mass is 556 g/mol. The highest BCUT2D eigenvalue weighted by atomic mass is 35.5. The predicted molar refractivity (Wildman–Crippen MR) is 144 cm³/mol. The SMILES string of the molecule is CCCN(c1ncc2c(-c3ccc(NS(=O)(=O)c4cccc(Cl)c4Cl)cc3)nn(C)c2n1)n1ccnc1. The Morgan fingerprint density at radius 2 is 1.89 bits per heavy atom. The largest absolute Gasteiger partial charge is 0.280 e. The molecule has 5 aromatic rings. The number of halogens is 2. The van der Waals surface area contributed by atoms with Crippen molar-refractivity contribution in [1.82, 2.24) is 29.4 Å². The number of aromatic nitrogens is 6. The lowest BCUT2D eigenvalue weighted by atomic mass is 10.1. The van der Waals surface area contributed by atoms with Gasteiger partial charge in [0.15, 0.2) is 5.65 Å². The Morgan fingerprint density at radius 1 is 1.11 bits per heavy atom. The molecule has 0 aliphatic carbocycles. The van der Waals surface area contributed by atoms with E-state index in [1.54, 1.807) is 47.7 Å². The van der Waals surface area contributed by atoms with Gasteiger partial charge in [-0.25, -0.2) is 32.8 Å². The summed E-state index contributed by atoms with van der Waals surface area (Å²) in [5, 5.41) is 7.49. The maximum absolute atomic E-state index is 12.8. The van der Waals surface area contributed by atoms with Crippen LogP contribution in [0.2, 0.25) is 10.0 Å². The molecule has 3 aromatic heterocycles. The van der Waals surface area contributed by atoms with Crippen LogP contribution in [-0.2, 0) is 17.1 Å². The van der Waals surface area contributed by atoms with E-state index in [4.69, 9.17) is 28.2 Å². The van der Waals surface area contributed by atoms with Crippen molar-refractivity contribution in [2.45, 2.75) is 18.2 Å². The lowest BCUT2D eigenvalue weighted by Crippen LogP contribution is -2.30. The van der Waals surface area contributed by atoms with Crippen molar-refractivity contribution < 1.29 is 8.42 Å². The van der Waals surface area contributed by atoms with Gasteiger partial charge in [0.25, 0.3) is 10.0 Å². The van der Waals surface area contributed by atoms with Crippen LogP contribution in [0.3, 0.4) is 0 Å². The molecule has 2 aromatic carbocycles. The fourth-order valence-electron chi connectivity index (χ4n) is 3.89. The van der Waals surface area contributed by atoms with E-state index in [0.29, 0.717) is 29.5 Å². The maximum Gasteiger partial charge on any atom is 0.263 e. The molecule has 0 amide bonds. The quantitative estimate of drug-likeness (QED) is 0.285. The minimum atomic E-state index is -3.93. The second-order valence-electron chi connectivity index (χ2n) is 8.18. The van der Waals surface area contributed by atoms with E-state index in [-0.39, 0.29) is 14.9 Å². The van der Waals surface area contributed by atoms with Crippen LogP contribution >= 0.6 is 23.2 Å². The number of aryl methyl sites for hydroxylation is 1. The van der Waals surface area contributed by atoms with Gasteiger partial charge in [-0.1, -0.05) is 48.3 Å².